The van der Waals surface area contributed by atoms with Gasteiger partial charge >= 0.3 is 5.97 Å². The lowest BCUT2D eigenvalue weighted by Gasteiger charge is -2.41. The van der Waals surface area contributed by atoms with Crippen LogP contribution < -0.4 is 4.90 Å². The average molecular weight is 445 g/mol. The van der Waals surface area contributed by atoms with Crippen LogP contribution in [0.3, 0.4) is 0 Å². The lowest BCUT2D eigenvalue weighted by Crippen LogP contribution is -2.51. The molecule has 1 aliphatic heterocycles. The number of ether oxygens (including phenoxy) is 1. The molecule has 0 spiro atoms. The standard InChI is InChI=1S/C22H21F2N3O5/c1-2-31-21(29)22(12-15-4-6-16(23)11-17(15)24)8-3-9-26(13-22)20(28)14-5-7-19-18(10-14)25-32-27(19)30/h4-7,10-11H,2-3,8-9,12-13H2,1H3. The normalized spacial score (nSPS) is 18.7. The summed E-state index contributed by atoms with van der Waals surface area (Å²) in [4.78, 5) is 27.9. The number of rotatable bonds is 5. The van der Waals surface area contributed by atoms with Gasteiger partial charge in [0.05, 0.1) is 12.0 Å². The number of nitrogens with zero attached hydrogens (tertiary/aromatic N) is 3. The smallest absolute Gasteiger partial charge is 0.314 e. The summed E-state index contributed by atoms with van der Waals surface area (Å²) in [5, 5.41) is 15.1. The Labute approximate surface area is 181 Å². The topological polar surface area (TPSA) is 99.6 Å². The molecule has 1 aromatic heterocycles. The number of piperidine rings is 1. The molecule has 3 aromatic rings. The summed E-state index contributed by atoms with van der Waals surface area (Å²) >= 11 is 0. The number of hydrogen-bond acceptors (Lipinski definition) is 6. The maximum absolute atomic E-state index is 14.4. The van der Waals surface area contributed by atoms with Crippen LogP contribution in [0.5, 0.6) is 0 Å². The second-order valence-corrected chi connectivity index (χ2v) is 7.88. The van der Waals surface area contributed by atoms with Crippen molar-refractivity contribution in [2.45, 2.75) is 26.2 Å². The Hall–Kier alpha value is -3.56. The van der Waals surface area contributed by atoms with Crippen LogP contribution in [0.15, 0.2) is 41.0 Å². The van der Waals surface area contributed by atoms with Crippen molar-refractivity contribution in [1.29, 1.82) is 0 Å². The second-order valence-electron chi connectivity index (χ2n) is 7.88. The summed E-state index contributed by atoms with van der Waals surface area (Å²) in [5.41, 5.74) is -0.295. The SMILES string of the molecule is CCOC(=O)C1(Cc2ccc(F)cc2F)CCCN(C(=O)c2ccc3c(c2)no[n+]3[O-])C1. The summed E-state index contributed by atoms with van der Waals surface area (Å²) in [6.07, 6.45) is 0.866. The fourth-order valence-electron chi connectivity index (χ4n) is 4.19. The predicted octanol–water partition coefficient (Wildman–Crippen LogP) is 2.77. The Kier molecular flexibility index (Phi) is 5.77. The zero-order valence-corrected chi connectivity index (χ0v) is 17.3. The Bertz CT molecular complexity index is 1180. The first kappa shape index (κ1) is 21.7. The number of esters is 1. The highest BCUT2D eigenvalue weighted by Crippen LogP contribution is 2.36. The van der Waals surface area contributed by atoms with Crippen LogP contribution in [-0.2, 0) is 16.0 Å². The minimum absolute atomic E-state index is 0.0138. The van der Waals surface area contributed by atoms with E-state index in [4.69, 9.17) is 4.74 Å². The molecular formula is C22H21F2N3O5. The van der Waals surface area contributed by atoms with Crippen LogP contribution in [0.1, 0.15) is 35.7 Å². The number of fused-ring (bicyclic) bond motifs is 1. The Morgan fingerprint density at radius 3 is 2.84 bits per heavy atom. The van der Waals surface area contributed by atoms with Gasteiger partial charge in [0.1, 0.15) is 11.6 Å². The number of hydrogen-bond donors (Lipinski definition) is 0. The summed E-state index contributed by atoms with van der Waals surface area (Å²) in [6, 6.07) is 7.58. The predicted molar refractivity (Wildman–Crippen MR) is 107 cm³/mol. The van der Waals surface area contributed by atoms with Crippen molar-refractivity contribution in [2.24, 2.45) is 5.41 Å². The van der Waals surface area contributed by atoms with E-state index in [1.807, 2.05) is 0 Å². The van der Waals surface area contributed by atoms with E-state index in [9.17, 15) is 23.6 Å². The molecule has 0 aliphatic carbocycles. The lowest BCUT2D eigenvalue weighted by atomic mass is 9.74. The summed E-state index contributed by atoms with van der Waals surface area (Å²) in [7, 11) is 0. The fourth-order valence-corrected chi connectivity index (χ4v) is 4.19. The zero-order chi connectivity index (χ0) is 22.9. The van der Waals surface area contributed by atoms with Gasteiger partial charge in [0.25, 0.3) is 5.91 Å². The van der Waals surface area contributed by atoms with Gasteiger partial charge < -0.3 is 14.8 Å². The molecule has 1 saturated heterocycles. The Balaban J connectivity index is 1.64. The van der Waals surface area contributed by atoms with E-state index in [0.717, 1.165) is 12.1 Å². The van der Waals surface area contributed by atoms with Crippen LogP contribution in [0.2, 0.25) is 0 Å². The van der Waals surface area contributed by atoms with E-state index in [1.165, 1.54) is 29.2 Å². The molecule has 0 bridgehead atoms. The highest BCUT2D eigenvalue weighted by Gasteiger charge is 2.45. The van der Waals surface area contributed by atoms with Crippen molar-refractivity contribution in [3.8, 4) is 0 Å². The van der Waals surface area contributed by atoms with Crippen LogP contribution in [0.25, 0.3) is 11.0 Å². The molecule has 1 aliphatic rings. The molecule has 8 nitrogen and oxygen atoms in total. The first-order chi connectivity index (χ1) is 15.3. The maximum Gasteiger partial charge on any atom is 0.314 e. The van der Waals surface area contributed by atoms with Crippen molar-refractivity contribution < 1.29 is 32.6 Å². The van der Waals surface area contributed by atoms with Gasteiger partial charge in [-0.2, -0.15) is 0 Å². The van der Waals surface area contributed by atoms with Crippen molar-refractivity contribution in [3.05, 3.63) is 64.4 Å². The molecule has 1 unspecified atom stereocenters. The number of carbonyl (C=O) groups excluding carboxylic acids is 2. The fraction of sp³-hybridized carbons (Fsp3) is 0.364. The summed E-state index contributed by atoms with van der Waals surface area (Å²) in [6.45, 7) is 2.22. The van der Waals surface area contributed by atoms with E-state index in [0.29, 0.717) is 19.4 Å². The number of aromatic nitrogens is 2. The van der Waals surface area contributed by atoms with Gasteiger partial charge in [-0.3, -0.25) is 14.2 Å². The van der Waals surface area contributed by atoms with E-state index in [2.05, 4.69) is 9.79 Å². The van der Waals surface area contributed by atoms with Gasteiger partial charge in [-0.1, -0.05) is 6.07 Å². The number of benzene rings is 2. The van der Waals surface area contributed by atoms with Gasteiger partial charge in [-0.05, 0) is 54.9 Å². The van der Waals surface area contributed by atoms with E-state index in [1.54, 1.807) is 6.92 Å². The quantitative estimate of drug-likeness (QED) is 0.442. The number of likely N-dealkylation sites (tertiary alicyclic amines) is 1. The van der Waals surface area contributed by atoms with Crippen molar-refractivity contribution >= 4 is 22.9 Å². The third-order valence-electron chi connectivity index (χ3n) is 5.75. The minimum Gasteiger partial charge on any atom is -0.466 e. The molecule has 1 fully saturated rings. The molecule has 4 rings (SSSR count). The van der Waals surface area contributed by atoms with Gasteiger partial charge in [0.15, 0.2) is 0 Å². The molecule has 0 saturated carbocycles. The number of carbonyl (C=O) groups is 2. The van der Waals surface area contributed by atoms with E-state index >= 15 is 0 Å². The molecule has 2 heterocycles. The van der Waals surface area contributed by atoms with Gasteiger partial charge in [-0.15, -0.1) is 0 Å². The van der Waals surface area contributed by atoms with E-state index < -0.39 is 23.0 Å². The molecule has 0 radical (unpaired) electrons. The van der Waals surface area contributed by atoms with Gasteiger partial charge in [0.2, 0.25) is 11.0 Å². The molecule has 32 heavy (non-hydrogen) atoms. The van der Waals surface area contributed by atoms with Crippen molar-refractivity contribution in [2.75, 3.05) is 19.7 Å². The monoisotopic (exact) mass is 445 g/mol. The highest BCUT2D eigenvalue weighted by atomic mass is 19.1. The van der Waals surface area contributed by atoms with Crippen molar-refractivity contribution in [1.82, 2.24) is 10.1 Å². The minimum atomic E-state index is -1.17. The Morgan fingerprint density at radius 1 is 1.28 bits per heavy atom. The van der Waals surface area contributed by atoms with Gasteiger partial charge in [-0.25, -0.2) is 8.78 Å². The highest BCUT2D eigenvalue weighted by molar-refractivity contribution is 5.97. The first-order valence-corrected chi connectivity index (χ1v) is 10.2. The van der Waals surface area contributed by atoms with Crippen LogP contribution >= 0.6 is 0 Å². The third-order valence-corrected chi connectivity index (χ3v) is 5.75. The summed E-state index contributed by atoms with van der Waals surface area (Å²) < 4.78 is 37.5. The molecule has 1 amide bonds. The van der Waals surface area contributed by atoms with Crippen LogP contribution in [0, 0.1) is 22.3 Å². The maximum atomic E-state index is 14.4. The first-order valence-electron chi connectivity index (χ1n) is 10.2. The largest absolute Gasteiger partial charge is 0.466 e. The molecule has 168 valence electrons. The third kappa shape index (κ3) is 4.00. The molecule has 2 aromatic carbocycles. The van der Waals surface area contributed by atoms with Crippen molar-refractivity contribution in [3.63, 3.8) is 0 Å². The molecule has 10 heteroatoms. The van der Waals surface area contributed by atoms with Crippen LogP contribution in [0.4, 0.5) is 8.78 Å². The molecular weight excluding hydrogens is 424 g/mol. The molecule has 1 atom stereocenters. The van der Waals surface area contributed by atoms with Crippen LogP contribution in [-0.4, -0.2) is 41.6 Å². The summed E-state index contributed by atoms with van der Waals surface area (Å²) in [5.74, 6) is -2.35. The Morgan fingerprint density at radius 2 is 2.09 bits per heavy atom. The second kappa shape index (κ2) is 8.52. The van der Waals surface area contributed by atoms with Gasteiger partial charge in [0, 0.05) is 35.9 Å². The number of halogens is 2. The number of amides is 1. The lowest BCUT2D eigenvalue weighted by molar-refractivity contribution is -0.782. The molecule has 0 N–H and O–H groups in total. The van der Waals surface area contributed by atoms with E-state index in [-0.39, 0.29) is 52.5 Å². The zero-order valence-electron chi connectivity index (χ0n) is 17.3. The average Bonchev–Trinajstić information content (AvgIpc) is 3.15.